The summed E-state index contributed by atoms with van der Waals surface area (Å²) in [5.41, 5.74) is 1.18. The van der Waals surface area contributed by atoms with E-state index in [0.717, 1.165) is 0 Å². The van der Waals surface area contributed by atoms with E-state index in [1.54, 1.807) is 9.47 Å². The first-order valence-corrected chi connectivity index (χ1v) is 6.65. The van der Waals surface area contributed by atoms with Gasteiger partial charge in [0.2, 0.25) is 5.88 Å². The summed E-state index contributed by atoms with van der Waals surface area (Å²) >= 11 is 0. The lowest BCUT2D eigenvalue weighted by Crippen LogP contribution is -2.44. The number of aromatic nitrogens is 2. The van der Waals surface area contributed by atoms with Crippen LogP contribution in [0.4, 0.5) is 9.18 Å². The number of imidazole rings is 1. The lowest BCUT2D eigenvalue weighted by molar-refractivity contribution is 0.0454. The lowest BCUT2D eigenvalue weighted by atomic mass is 9.99. The van der Waals surface area contributed by atoms with E-state index in [0.29, 0.717) is 24.3 Å². The van der Waals surface area contributed by atoms with Gasteiger partial charge in [0.25, 0.3) is 5.91 Å². The fraction of sp³-hybridized carbons (Fsp3) is 0.214. The normalized spacial score (nSPS) is 18.7. The number of rotatable bonds is 1. The molecule has 3 heterocycles. The van der Waals surface area contributed by atoms with E-state index in [-0.39, 0.29) is 23.4 Å². The molecule has 0 spiro atoms. The molecular formula is C14H10FN3O4. The average molecular weight is 303 g/mol. The van der Waals surface area contributed by atoms with Gasteiger partial charge in [-0.15, -0.1) is 0 Å². The molecule has 2 aliphatic rings. The Bertz CT molecular complexity index is 816. The van der Waals surface area contributed by atoms with Crippen molar-refractivity contribution in [3.8, 4) is 11.6 Å². The first-order valence-electron chi connectivity index (χ1n) is 6.65. The van der Waals surface area contributed by atoms with Gasteiger partial charge < -0.3 is 14.7 Å². The molecule has 1 aromatic heterocycles. The summed E-state index contributed by atoms with van der Waals surface area (Å²) in [6.07, 6.45) is 0.589. The van der Waals surface area contributed by atoms with Crippen molar-refractivity contribution in [1.29, 1.82) is 0 Å². The van der Waals surface area contributed by atoms with E-state index in [1.807, 2.05) is 0 Å². The van der Waals surface area contributed by atoms with Crippen LogP contribution in [-0.2, 0) is 0 Å². The summed E-state index contributed by atoms with van der Waals surface area (Å²) in [5, 5.41) is 8.81. The van der Waals surface area contributed by atoms with Gasteiger partial charge in [0.15, 0.2) is 0 Å². The van der Waals surface area contributed by atoms with E-state index in [2.05, 4.69) is 4.98 Å². The van der Waals surface area contributed by atoms with Crippen LogP contribution in [0.3, 0.4) is 0 Å². The van der Waals surface area contributed by atoms with Crippen LogP contribution in [0.2, 0.25) is 0 Å². The number of hydrogen-bond donors (Lipinski definition) is 1. The molecule has 0 radical (unpaired) electrons. The Hall–Kier alpha value is -2.90. The SMILES string of the molecule is O=C(O)Oc1ncn2c1[C@@H]1CCN1C(=O)c1cc(F)ccc1-2. The molecule has 1 atom stereocenters. The molecule has 0 unspecified atom stereocenters. The number of hydrogen-bond acceptors (Lipinski definition) is 4. The third-order valence-corrected chi connectivity index (χ3v) is 4.00. The molecular weight excluding hydrogens is 293 g/mol. The number of nitrogens with zero attached hydrogens (tertiary/aromatic N) is 3. The van der Waals surface area contributed by atoms with Crippen LogP contribution in [0.5, 0.6) is 5.88 Å². The number of amides is 1. The molecule has 1 fully saturated rings. The maximum Gasteiger partial charge on any atom is 0.512 e. The summed E-state index contributed by atoms with van der Waals surface area (Å²) in [4.78, 5) is 28.9. The molecule has 1 amide bonds. The van der Waals surface area contributed by atoms with Crippen LogP contribution in [0.15, 0.2) is 24.5 Å². The molecule has 1 aromatic carbocycles. The highest BCUT2D eigenvalue weighted by Crippen LogP contribution is 2.43. The zero-order chi connectivity index (χ0) is 15.4. The van der Waals surface area contributed by atoms with Crippen molar-refractivity contribution in [3.05, 3.63) is 41.6 Å². The fourth-order valence-electron chi connectivity index (χ4n) is 2.96. The molecule has 1 N–H and O–H groups in total. The van der Waals surface area contributed by atoms with E-state index < -0.39 is 12.0 Å². The number of carbonyl (C=O) groups excluding carboxylic acids is 1. The largest absolute Gasteiger partial charge is 0.512 e. The molecule has 7 nitrogen and oxygen atoms in total. The van der Waals surface area contributed by atoms with Crippen molar-refractivity contribution in [2.45, 2.75) is 12.5 Å². The van der Waals surface area contributed by atoms with Gasteiger partial charge in [-0.1, -0.05) is 0 Å². The summed E-state index contributed by atoms with van der Waals surface area (Å²) in [5.74, 6) is -0.836. The topological polar surface area (TPSA) is 84.7 Å². The Morgan fingerprint density at radius 1 is 1.45 bits per heavy atom. The van der Waals surface area contributed by atoms with Gasteiger partial charge in [-0.3, -0.25) is 9.36 Å². The Morgan fingerprint density at radius 3 is 2.95 bits per heavy atom. The molecule has 1 saturated heterocycles. The van der Waals surface area contributed by atoms with Crippen molar-refractivity contribution in [1.82, 2.24) is 14.5 Å². The van der Waals surface area contributed by atoms with Gasteiger partial charge in [0, 0.05) is 6.54 Å². The molecule has 2 aliphatic heterocycles. The molecule has 0 bridgehead atoms. The van der Waals surface area contributed by atoms with Crippen molar-refractivity contribution in [2.24, 2.45) is 0 Å². The van der Waals surface area contributed by atoms with Gasteiger partial charge in [-0.2, -0.15) is 0 Å². The first-order chi connectivity index (χ1) is 10.6. The van der Waals surface area contributed by atoms with Crippen molar-refractivity contribution < 1.29 is 23.8 Å². The summed E-state index contributed by atoms with van der Waals surface area (Å²) in [7, 11) is 0. The number of halogens is 1. The zero-order valence-electron chi connectivity index (χ0n) is 11.2. The van der Waals surface area contributed by atoms with Crippen LogP contribution in [0, 0.1) is 5.82 Å². The zero-order valence-corrected chi connectivity index (χ0v) is 11.2. The number of benzene rings is 1. The minimum atomic E-state index is -1.47. The Kier molecular flexibility index (Phi) is 2.50. The maximum atomic E-state index is 13.5. The van der Waals surface area contributed by atoms with Crippen LogP contribution in [-0.4, -0.2) is 38.2 Å². The Balaban J connectivity index is 1.96. The first kappa shape index (κ1) is 12.8. The maximum absolute atomic E-state index is 13.5. The van der Waals surface area contributed by atoms with Gasteiger partial charge in [-0.25, -0.2) is 14.2 Å². The third-order valence-electron chi connectivity index (χ3n) is 4.00. The monoisotopic (exact) mass is 303 g/mol. The van der Waals surface area contributed by atoms with E-state index in [4.69, 9.17) is 9.84 Å². The van der Waals surface area contributed by atoms with E-state index in [1.165, 1.54) is 24.5 Å². The molecule has 2 aromatic rings. The third kappa shape index (κ3) is 1.63. The van der Waals surface area contributed by atoms with E-state index >= 15 is 0 Å². The summed E-state index contributed by atoms with van der Waals surface area (Å²) in [6.45, 7) is 0.525. The molecule has 22 heavy (non-hydrogen) atoms. The highest BCUT2D eigenvalue weighted by molar-refractivity contribution is 5.99. The summed E-state index contributed by atoms with van der Waals surface area (Å²) < 4.78 is 19.8. The Labute approximate surface area is 123 Å². The number of ether oxygens (including phenoxy) is 1. The highest BCUT2D eigenvalue weighted by Gasteiger charge is 2.42. The van der Waals surface area contributed by atoms with Crippen LogP contribution >= 0.6 is 0 Å². The number of fused-ring (bicyclic) bond motifs is 5. The van der Waals surface area contributed by atoms with E-state index in [9.17, 15) is 14.0 Å². The smallest absolute Gasteiger partial charge is 0.449 e. The van der Waals surface area contributed by atoms with Crippen LogP contribution < -0.4 is 4.74 Å². The predicted molar refractivity (Wildman–Crippen MR) is 70.6 cm³/mol. The second-order valence-corrected chi connectivity index (χ2v) is 5.14. The highest BCUT2D eigenvalue weighted by atomic mass is 19.1. The molecule has 112 valence electrons. The van der Waals surface area contributed by atoms with Crippen molar-refractivity contribution in [3.63, 3.8) is 0 Å². The minimum Gasteiger partial charge on any atom is -0.449 e. The van der Waals surface area contributed by atoms with Crippen molar-refractivity contribution >= 4 is 12.1 Å². The van der Waals surface area contributed by atoms with Crippen molar-refractivity contribution in [2.75, 3.05) is 6.54 Å². The fourth-order valence-corrected chi connectivity index (χ4v) is 2.96. The second kappa shape index (κ2) is 4.30. The van der Waals surface area contributed by atoms with Crippen LogP contribution in [0.25, 0.3) is 5.69 Å². The van der Waals surface area contributed by atoms with Crippen LogP contribution in [0.1, 0.15) is 28.5 Å². The summed E-state index contributed by atoms with van der Waals surface area (Å²) in [6, 6.07) is 3.58. The van der Waals surface area contributed by atoms with Gasteiger partial charge in [-0.05, 0) is 24.6 Å². The van der Waals surface area contributed by atoms with Gasteiger partial charge >= 0.3 is 6.16 Å². The Morgan fingerprint density at radius 2 is 2.27 bits per heavy atom. The predicted octanol–water partition coefficient (Wildman–Crippen LogP) is 1.97. The minimum absolute atomic E-state index is 0.0489. The van der Waals surface area contributed by atoms with Gasteiger partial charge in [0.05, 0.1) is 17.3 Å². The second-order valence-electron chi connectivity index (χ2n) is 5.14. The molecule has 8 heteroatoms. The lowest BCUT2D eigenvalue weighted by Gasteiger charge is -2.39. The quantitative estimate of drug-likeness (QED) is 0.814. The molecule has 4 rings (SSSR count). The molecule has 0 aliphatic carbocycles. The standard InChI is InChI=1S/C14H10FN3O4/c15-7-1-2-9-8(5-7)13(19)17-4-3-10(17)11-12(22-14(20)21)16-6-18(9)11/h1-2,5-6,10H,3-4H2,(H,20,21)/t10-/m0/s1. The number of carbonyl (C=O) groups is 2. The van der Waals surface area contributed by atoms with Gasteiger partial charge in [0.1, 0.15) is 17.8 Å². The number of carboxylic acid groups (broad SMARTS) is 1. The molecule has 0 saturated carbocycles. The average Bonchev–Trinajstić information content (AvgIpc) is 2.77.